The molecule has 162 valence electrons. The maximum Gasteiger partial charge on any atom is 0.380 e. The van der Waals surface area contributed by atoms with Gasteiger partial charge in [0.05, 0.1) is 6.10 Å². The Morgan fingerprint density at radius 3 is 2.45 bits per heavy atom. The Bertz CT molecular complexity index is 1040. The van der Waals surface area contributed by atoms with Crippen molar-refractivity contribution in [2.45, 2.75) is 57.5 Å². The zero-order valence-electron chi connectivity index (χ0n) is 16.0. The summed E-state index contributed by atoms with van der Waals surface area (Å²) in [6.07, 6.45) is 4.04. The van der Waals surface area contributed by atoms with E-state index >= 15 is 0 Å². The Hall–Kier alpha value is -1.27. The van der Waals surface area contributed by atoms with Crippen LogP contribution in [0.5, 0.6) is 5.75 Å². The van der Waals surface area contributed by atoms with Gasteiger partial charge in [0.1, 0.15) is 0 Å². The summed E-state index contributed by atoms with van der Waals surface area (Å²) in [7, 11) is -8.33. The minimum atomic E-state index is -4.30. The van der Waals surface area contributed by atoms with Gasteiger partial charge in [-0.25, -0.2) is 9.53 Å². The molecule has 0 radical (unpaired) electrons. The highest BCUT2D eigenvalue weighted by atomic mass is 32.2. The van der Waals surface area contributed by atoms with Gasteiger partial charge in [0.2, 0.25) is 0 Å². The molecule has 3 aliphatic carbocycles. The van der Waals surface area contributed by atoms with Crippen LogP contribution in [-0.4, -0.2) is 22.9 Å². The third-order valence-corrected chi connectivity index (χ3v) is 8.06. The van der Waals surface area contributed by atoms with E-state index in [-0.39, 0.29) is 28.9 Å². The van der Waals surface area contributed by atoms with Crippen LogP contribution >= 0.6 is 0 Å². The van der Waals surface area contributed by atoms with Crippen molar-refractivity contribution >= 4 is 20.6 Å². The van der Waals surface area contributed by atoms with Gasteiger partial charge in [0, 0.05) is 0 Å². The molecule has 1 aromatic carbocycles. The summed E-state index contributed by atoms with van der Waals surface area (Å²) < 4.78 is 69.6. The van der Waals surface area contributed by atoms with E-state index in [2.05, 4.69) is 11.1 Å². The molecule has 8 nitrogen and oxygen atoms in total. The van der Waals surface area contributed by atoms with Crippen LogP contribution in [-0.2, 0) is 31.2 Å². The fourth-order valence-corrected chi connectivity index (χ4v) is 7.05. The van der Waals surface area contributed by atoms with Crippen LogP contribution < -0.4 is 14.5 Å². The molecule has 0 unspecified atom stereocenters. The molecule has 11 heteroatoms. The van der Waals surface area contributed by atoms with E-state index in [9.17, 15) is 21.2 Å². The molecule has 2 fully saturated rings. The van der Waals surface area contributed by atoms with Crippen molar-refractivity contribution in [3.63, 3.8) is 0 Å². The number of rotatable bonds is 4. The average Bonchev–Trinajstić information content (AvgIpc) is 2.89. The summed E-state index contributed by atoms with van der Waals surface area (Å²) in [5.74, 6) is -0.478. The van der Waals surface area contributed by atoms with E-state index in [1.807, 2.05) is 0 Å². The maximum atomic E-state index is 14.5. The van der Waals surface area contributed by atoms with Crippen molar-refractivity contribution in [2.75, 3.05) is 0 Å². The lowest BCUT2D eigenvalue weighted by molar-refractivity contribution is -0.00807. The van der Waals surface area contributed by atoms with Crippen molar-refractivity contribution in [3.05, 3.63) is 29.1 Å². The molecular formula is C18H25FN2O6S2. The third kappa shape index (κ3) is 3.90. The van der Waals surface area contributed by atoms with Gasteiger partial charge in [0.15, 0.2) is 11.6 Å². The minimum Gasteiger partial charge on any atom is -0.368 e. The lowest BCUT2D eigenvalue weighted by atomic mass is 9.55. The van der Waals surface area contributed by atoms with Gasteiger partial charge in [-0.05, 0) is 85.0 Å². The predicted molar refractivity (Wildman–Crippen MR) is 103 cm³/mol. The van der Waals surface area contributed by atoms with Crippen LogP contribution in [0.1, 0.15) is 56.1 Å². The van der Waals surface area contributed by atoms with Crippen LogP contribution in [0, 0.1) is 23.1 Å². The van der Waals surface area contributed by atoms with Gasteiger partial charge in [0.25, 0.3) is 0 Å². The first-order valence-electron chi connectivity index (χ1n) is 9.63. The Balaban J connectivity index is 1.63. The highest BCUT2D eigenvalue weighted by molar-refractivity contribution is 7.84. The molecule has 0 spiro atoms. The Morgan fingerprint density at radius 1 is 1.07 bits per heavy atom. The monoisotopic (exact) mass is 448 g/mol. The quantitative estimate of drug-likeness (QED) is 0.721. The molecule has 0 heterocycles. The molecule has 29 heavy (non-hydrogen) atoms. The van der Waals surface area contributed by atoms with E-state index in [4.69, 9.17) is 14.5 Å². The number of benzene rings is 1. The second-order valence-electron chi connectivity index (χ2n) is 8.67. The van der Waals surface area contributed by atoms with Gasteiger partial charge >= 0.3 is 20.6 Å². The van der Waals surface area contributed by atoms with Crippen molar-refractivity contribution in [2.24, 2.45) is 27.5 Å². The lowest BCUT2D eigenvalue weighted by Gasteiger charge is -2.50. The molecule has 0 amide bonds. The first kappa shape index (κ1) is 21.0. The smallest absolute Gasteiger partial charge is 0.368 e. The Morgan fingerprint density at radius 2 is 1.79 bits per heavy atom. The number of hydrogen-bond donors (Lipinski definition) is 2. The van der Waals surface area contributed by atoms with E-state index in [1.54, 1.807) is 0 Å². The molecular weight excluding hydrogens is 423 g/mol. The largest absolute Gasteiger partial charge is 0.380 e. The van der Waals surface area contributed by atoms with Crippen molar-refractivity contribution in [1.29, 1.82) is 0 Å². The van der Waals surface area contributed by atoms with Crippen LogP contribution in [0.3, 0.4) is 0 Å². The number of aryl methyl sites for hydroxylation is 1. The van der Waals surface area contributed by atoms with Gasteiger partial charge in [-0.1, -0.05) is 6.92 Å². The zero-order chi connectivity index (χ0) is 21.2. The van der Waals surface area contributed by atoms with Crippen molar-refractivity contribution < 1.29 is 29.6 Å². The zero-order valence-corrected chi connectivity index (χ0v) is 17.6. The fraction of sp³-hybridized carbons (Fsp3) is 0.667. The minimum absolute atomic E-state index is 0.128. The van der Waals surface area contributed by atoms with E-state index in [0.717, 1.165) is 36.8 Å². The average molecular weight is 449 g/mol. The molecule has 3 aliphatic rings. The Kier molecular flexibility index (Phi) is 4.97. The molecule has 1 aromatic rings. The first-order valence-corrected chi connectivity index (χ1v) is 12.6. The highest BCUT2D eigenvalue weighted by Gasteiger charge is 2.56. The Labute approximate surface area is 170 Å². The van der Waals surface area contributed by atoms with Gasteiger partial charge < -0.3 is 4.18 Å². The normalized spacial score (nSPS) is 34.2. The SMILES string of the molecule is C[C@]12CC[C@@H]3c4cc(F)c(OS(N)(=O)=O)cc4CC[C@H]3[C@@H]1CC[C@@H]2OS(N)(=O)=O. The summed E-state index contributed by atoms with van der Waals surface area (Å²) in [6.45, 7) is 2.07. The molecule has 0 bridgehead atoms. The second-order valence-corrected chi connectivity index (χ2v) is 11.0. The van der Waals surface area contributed by atoms with E-state index in [1.165, 1.54) is 12.1 Å². The topological polar surface area (TPSA) is 139 Å². The summed E-state index contributed by atoms with van der Waals surface area (Å²) in [6, 6.07) is 2.79. The molecule has 2 saturated carbocycles. The molecule has 0 aliphatic heterocycles. The predicted octanol–water partition coefficient (Wildman–Crippen LogP) is 1.85. The molecule has 4 N–H and O–H groups in total. The number of nitrogens with two attached hydrogens (primary N) is 2. The third-order valence-electron chi connectivity index (χ3n) is 7.15. The molecule has 0 aromatic heterocycles. The van der Waals surface area contributed by atoms with Gasteiger partial charge in [-0.2, -0.15) is 22.0 Å². The number of halogens is 1. The molecule has 4 rings (SSSR count). The fourth-order valence-electron chi connectivity index (χ4n) is 6.03. The van der Waals surface area contributed by atoms with Crippen LogP contribution in [0.4, 0.5) is 4.39 Å². The van der Waals surface area contributed by atoms with Crippen molar-refractivity contribution in [3.8, 4) is 5.75 Å². The molecule has 0 saturated heterocycles. The highest BCUT2D eigenvalue weighted by Crippen LogP contribution is 2.61. The second kappa shape index (κ2) is 6.88. The maximum absolute atomic E-state index is 14.5. The number of hydrogen-bond acceptors (Lipinski definition) is 6. The lowest BCUT2D eigenvalue weighted by Crippen LogP contribution is -2.45. The van der Waals surface area contributed by atoms with Crippen LogP contribution in [0.15, 0.2) is 12.1 Å². The summed E-state index contributed by atoms with van der Waals surface area (Å²) in [4.78, 5) is 0. The van der Waals surface area contributed by atoms with Crippen LogP contribution in [0.2, 0.25) is 0 Å². The van der Waals surface area contributed by atoms with Crippen LogP contribution in [0.25, 0.3) is 0 Å². The first-order chi connectivity index (χ1) is 13.4. The van der Waals surface area contributed by atoms with Gasteiger partial charge in [-0.3, -0.25) is 4.18 Å². The summed E-state index contributed by atoms with van der Waals surface area (Å²) in [5.41, 5.74) is 1.45. The standard InChI is InChI=1S/C18H25FN2O6S2/c1-18-7-6-11-12(14(18)4-5-17(18)27-29(21,24)25)3-2-10-8-16(26-28(20,22)23)15(19)9-13(10)11/h8-9,11-12,14,17H,2-7H2,1H3,(H2,20,22,23)(H2,21,24,25)/t11-,12+,14-,17-,18-/m0/s1. The van der Waals surface area contributed by atoms with Gasteiger partial charge in [-0.15, -0.1) is 0 Å². The van der Waals surface area contributed by atoms with Crippen molar-refractivity contribution in [1.82, 2.24) is 0 Å². The van der Waals surface area contributed by atoms with E-state index in [0.29, 0.717) is 12.8 Å². The summed E-state index contributed by atoms with van der Waals surface area (Å²) >= 11 is 0. The number of fused-ring (bicyclic) bond motifs is 5. The molecule has 5 atom stereocenters. The van der Waals surface area contributed by atoms with E-state index < -0.39 is 32.5 Å². The summed E-state index contributed by atoms with van der Waals surface area (Å²) in [5, 5.41) is 9.98.